The van der Waals surface area contributed by atoms with E-state index >= 15 is 0 Å². The summed E-state index contributed by atoms with van der Waals surface area (Å²) in [5.41, 5.74) is 1.25. The van der Waals surface area contributed by atoms with Crippen LogP contribution in [0.3, 0.4) is 0 Å². The number of rotatable bonds is 6. The van der Waals surface area contributed by atoms with Gasteiger partial charge in [-0.25, -0.2) is 18.7 Å². The number of benzene rings is 2. The summed E-state index contributed by atoms with van der Waals surface area (Å²) in [6, 6.07) is 13.5. The van der Waals surface area contributed by atoms with Crippen LogP contribution in [0.4, 0.5) is 20.3 Å². The summed E-state index contributed by atoms with van der Waals surface area (Å²) in [6.45, 7) is 2.13. The molecule has 2 N–H and O–H groups in total. The number of amides is 1. The quantitative estimate of drug-likeness (QED) is 0.691. The molecule has 0 aliphatic rings. The molecule has 0 bridgehead atoms. The maximum Gasteiger partial charge on any atom is 0.274 e. The lowest BCUT2D eigenvalue weighted by atomic mass is 10.1. The average Bonchev–Trinajstić information content (AvgIpc) is 2.65. The predicted molar refractivity (Wildman–Crippen MR) is 99.7 cm³/mol. The molecular formula is C20H18F2N4O. The van der Waals surface area contributed by atoms with E-state index in [1.807, 2.05) is 0 Å². The van der Waals surface area contributed by atoms with Crippen LogP contribution in [-0.4, -0.2) is 22.4 Å². The Morgan fingerprint density at radius 2 is 1.78 bits per heavy atom. The second-order valence-corrected chi connectivity index (χ2v) is 5.91. The number of carbonyl (C=O) groups excluding carboxylic acids is 1. The third kappa shape index (κ3) is 5.07. The lowest BCUT2D eigenvalue weighted by Gasteiger charge is -2.10. The lowest BCUT2D eigenvalue weighted by Crippen LogP contribution is -2.16. The SMILES string of the molecule is Cc1nc(NCCc2ccccc2F)cc(C(=O)Nc2ccc(F)cc2)n1. The zero-order valence-electron chi connectivity index (χ0n) is 14.7. The number of anilines is 2. The Kier molecular flexibility index (Phi) is 5.71. The first-order chi connectivity index (χ1) is 13.0. The van der Waals surface area contributed by atoms with Crippen LogP contribution in [0.5, 0.6) is 0 Å². The summed E-state index contributed by atoms with van der Waals surface area (Å²) in [5, 5.41) is 5.74. The van der Waals surface area contributed by atoms with E-state index in [1.165, 1.54) is 36.4 Å². The highest BCUT2D eigenvalue weighted by molar-refractivity contribution is 6.03. The molecule has 0 aliphatic carbocycles. The Labute approximate surface area is 155 Å². The van der Waals surface area contributed by atoms with Crippen molar-refractivity contribution < 1.29 is 13.6 Å². The van der Waals surface area contributed by atoms with Gasteiger partial charge in [-0.15, -0.1) is 0 Å². The first kappa shape index (κ1) is 18.4. The van der Waals surface area contributed by atoms with Gasteiger partial charge < -0.3 is 10.6 Å². The minimum absolute atomic E-state index is 0.181. The molecule has 3 rings (SSSR count). The Hall–Kier alpha value is -3.35. The van der Waals surface area contributed by atoms with Crippen LogP contribution in [0, 0.1) is 18.6 Å². The zero-order chi connectivity index (χ0) is 19.2. The molecule has 0 spiro atoms. The molecule has 0 atom stereocenters. The number of hydrogen-bond acceptors (Lipinski definition) is 4. The summed E-state index contributed by atoms with van der Waals surface area (Å²) in [7, 11) is 0. The minimum atomic E-state index is -0.427. The molecule has 1 heterocycles. The molecule has 1 aromatic heterocycles. The van der Waals surface area contributed by atoms with Gasteiger partial charge >= 0.3 is 0 Å². The molecule has 0 unspecified atom stereocenters. The number of aryl methyl sites for hydroxylation is 1. The monoisotopic (exact) mass is 368 g/mol. The Balaban J connectivity index is 1.65. The van der Waals surface area contributed by atoms with E-state index in [9.17, 15) is 13.6 Å². The van der Waals surface area contributed by atoms with Crippen LogP contribution in [-0.2, 0) is 6.42 Å². The Morgan fingerprint density at radius 3 is 2.52 bits per heavy atom. The number of halogens is 2. The maximum absolute atomic E-state index is 13.7. The van der Waals surface area contributed by atoms with Crippen molar-refractivity contribution in [2.45, 2.75) is 13.3 Å². The molecule has 0 radical (unpaired) electrons. The molecule has 27 heavy (non-hydrogen) atoms. The van der Waals surface area contributed by atoms with Gasteiger partial charge in [-0.2, -0.15) is 0 Å². The fourth-order valence-electron chi connectivity index (χ4n) is 2.53. The highest BCUT2D eigenvalue weighted by Gasteiger charge is 2.11. The van der Waals surface area contributed by atoms with Gasteiger partial charge in [-0.1, -0.05) is 18.2 Å². The number of aromatic nitrogens is 2. The molecule has 7 heteroatoms. The Morgan fingerprint density at radius 1 is 1.04 bits per heavy atom. The fraction of sp³-hybridized carbons (Fsp3) is 0.150. The summed E-state index contributed by atoms with van der Waals surface area (Å²) in [5.74, 6) is -0.160. The maximum atomic E-state index is 13.7. The van der Waals surface area contributed by atoms with Gasteiger partial charge in [-0.3, -0.25) is 4.79 Å². The van der Waals surface area contributed by atoms with Crippen LogP contribution in [0.15, 0.2) is 54.6 Å². The lowest BCUT2D eigenvalue weighted by molar-refractivity contribution is 0.102. The third-order valence-electron chi connectivity index (χ3n) is 3.83. The molecule has 0 saturated carbocycles. The van der Waals surface area contributed by atoms with Crippen LogP contribution < -0.4 is 10.6 Å². The van der Waals surface area contributed by atoms with Gasteiger partial charge in [0.05, 0.1) is 0 Å². The van der Waals surface area contributed by atoms with Gasteiger partial charge in [0.25, 0.3) is 5.91 Å². The smallest absolute Gasteiger partial charge is 0.274 e. The van der Waals surface area contributed by atoms with Crippen LogP contribution >= 0.6 is 0 Å². The number of nitrogens with zero attached hydrogens (tertiary/aromatic N) is 2. The van der Waals surface area contributed by atoms with Crippen LogP contribution in [0.25, 0.3) is 0 Å². The molecule has 138 valence electrons. The van der Waals surface area contributed by atoms with E-state index in [1.54, 1.807) is 25.1 Å². The van der Waals surface area contributed by atoms with Crippen molar-refractivity contribution in [1.29, 1.82) is 0 Å². The van der Waals surface area contributed by atoms with Crippen molar-refractivity contribution in [2.75, 3.05) is 17.2 Å². The normalized spacial score (nSPS) is 10.5. The van der Waals surface area contributed by atoms with Crippen LogP contribution in [0.2, 0.25) is 0 Å². The molecule has 0 aliphatic heterocycles. The van der Waals surface area contributed by atoms with E-state index < -0.39 is 5.91 Å². The highest BCUT2D eigenvalue weighted by Crippen LogP contribution is 2.13. The van der Waals surface area contributed by atoms with Gasteiger partial charge in [0.15, 0.2) is 0 Å². The van der Waals surface area contributed by atoms with Crippen LogP contribution in [0.1, 0.15) is 21.9 Å². The molecule has 5 nitrogen and oxygen atoms in total. The molecule has 2 aromatic carbocycles. The standard InChI is InChI=1S/C20H18F2N4O/c1-13-24-18(20(27)26-16-8-6-15(21)7-9-16)12-19(25-13)23-11-10-14-4-2-3-5-17(14)22/h2-9,12H,10-11H2,1H3,(H,26,27)(H,23,24,25). The molecular weight excluding hydrogens is 350 g/mol. The minimum Gasteiger partial charge on any atom is -0.370 e. The largest absolute Gasteiger partial charge is 0.370 e. The molecule has 0 fully saturated rings. The van der Waals surface area contributed by atoms with Crippen molar-refractivity contribution in [2.24, 2.45) is 0 Å². The summed E-state index contributed by atoms with van der Waals surface area (Å²) in [6.07, 6.45) is 0.479. The van der Waals surface area contributed by atoms with Crippen molar-refractivity contribution >= 4 is 17.4 Å². The van der Waals surface area contributed by atoms with E-state index in [4.69, 9.17) is 0 Å². The molecule has 0 saturated heterocycles. The summed E-state index contributed by atoms with van der Waals surface area (Å²) < 4.78 is 26.6. The van der Waals surface area contributed by atoms with Gasteiger partial charge in [0, 0.05) is 18.3 Å². The summed E-state index contributed by atoms with van der Waals surface area (Å²) in [4.78, 5) is 20.7. The van der Waals surface area contributed by atoms with Gasteiger partial charge in [0.2, 0.25) is 0 Å². The second kappa shape index (κ2) is 8.35. The predicted octanol–water partition coefficient (Wildman–Crippen LogP) is 3.97. The number of nitrogens with one attached hydrogen (secondary N) is 2. The van der Waals surface area contributed by atoms with Crippen molar-refractivity contribution in [3.63, 3.8) is 0 Å². The van der Waals surface area contributed by atoms with Gasteiger partial charge in [-0.05, 0) is 49.2 Å². The van der Waals surface area contributed by atoms with E-state index in [2.05, 4.69) is 20.6 Å². The summed E-state index contributed by atoms with van der Waals surface area (Å²) >= 11 is 0. The second-order valence-electron chi connectivity index (χ2n) is 5.91. The first-order valence-corrected chi connectivity index (χ1v) is 8.41. The first-order valence-electron chi connectivity index (χ1n) is 8.41. The average molecular weight is 368 g/mol. The van der Waals surface area contributed by atoms with Crippen molar-refractivity contribution in [1.82, 2.24) is 9.97 Å². The number of hydrogen-bond donors (Lipinski definition) is 2. The number of carbonyl (C=O) groups is 1. The van der Waals surface area contributed by atoms with Gasteiger partial charge in [0.1, 0.15) is 29.0 Å². The fourth-order valence-corrected chi connectivity index (χ4v) is 2.53. The van der Waals surface area contributed by atoms with E-state index in [-0.39, 0.29) is 17.3 Å². The third-order valence-corrected chi connectivity index (χ3v) is 3.83. The molecule has 1 amide bonds. The van der Waals surface area contributed by atoms with Crippen molar-refractivity contribution in [3.05, 3.63) is 83.3 Å². The Bertz CT molecular complexity index is 945. The molecule has 3 aromatic rings. The highest BCUT2D eigenvalue weighted by atomic mass is 19.1. The van der Waals surface area contributed by atoms with E-state index in [0.717, 1.165) is 0 Å². The zero-order valence-corrected chi connectivity index (χ0v) is 14.7. The van der Waals surface area contributed by atoms with Crippen molar-refractivity contribution in [3.8, 4) is 0 Å². The topological polar surface area (TPSA) is 66.9 Å². The van der Waals surface area contributed by atoms with E-state index in [0.29, 0.717) is 35.9 Å².